The second-order valence-corrected chi connectivity index (χ2v) is 11.4. The van der Waals surface area contributed by atoms with Gasteiger partial charge in [-0.1, -0.05) is 31.4 Å². The summed E-state index contributed by atoms with van der Waals surface area (Å²) in [5, 5.41) is 5.87. The van der Waals surface area contributed by atoms with Gasteiger partial charge in [-0.25, -0.2) is 0 Å². The number of piperidine rings is 1. The SMILES string of the molecule is O=C(Cc1ccc(NC(=O)C2CCCN(C(=O)C3CCCCC3)C2)cc1)Nc1ccc(C(=O)N2CCOCC2)cc1. The van der Waals surface area contributed by atoms with Crippen LogP contribution in [0.15, 0.2) is 48.5 Å². The van der Waals surface area contributed by atoms with Gasteiger partial charge in [-0.3, -0.25) is 19.2 Å². The third-order valence-corrected chi connectivity index (χ3v) is 8.36. The zero-order chi connectivity index (χ0) is 28.6. The Morgan fingerprint density at radius 3 is 2.05 bits per heavy atom. The van der Waals surface area contributed by atoms with E-state index in [0.717, 1.165) is 50.6 Å². The van der Waals surface area contributed by atoms with Gasteiger partial charge in [-0.05, 0) is 67.6 Å². The summed E-state index contributed by atoms with van der Waals surface area (Å²) in [7, 11) is 0. The minimum Gasteiger partial charge on any atom is -0.378 e. The number of amides is 4. The number of morpholine rings is 1. The molecule has 1 unspecified atom stereocenters. The van der Waals surface area contributed by atoms with E-state index in [0.29, 0.717) is 49.8 Å². The van der Waals surface area contributed by atoms with E-state index in [1.165, 1.54) is 6.42 Å². The fourth-order valence-electron chi connectivity index (χ4n) is 5.99. The number of nitrogens with zero attached hydrogens (tertiary/aromatic N) is 2. The molecule has 1 saturated carbocycles. The number of hydrogen-bond acceptors (Lipinski definition) is 5. The number of hydrogen-bond donors (Lipinski definition) is 2. The Morgan fingerprint density at radius 2 is 1.34 bits per heavy atom. The van der Waals surface area contributed by atoms with Gasteiger partial charge in [-0.15, -0.1) is 0 Å². The molecule has 41 heavy (non-hydrogen) atoms. The molecule has 5 rings (SSSR count). The van der Waals surface area contributed by atoms with Crippen LogP contribution in [0.4, 0.5) is 11.4 Å². The molecule has 1 aliphatic carbocycles. The summed E-state index contributed by atoms with van der Waals surface area (Å²) >= 11 is 0. The molecule has 2 aromatic carbocycles. The van der Waals surface area contributed by atoms with Crippen molar-refractivity contribution in [1.82, 2.24) is 9.80 Å². The van der Waals surface area contributed by atoms with Crippen LogP contribution in [-0.2, 0) is 25.5 Å². The number of nitrogens with one attached hydrogen (secondary N) is 2. The topological polar surface area (TPSA) is 108 Å². The van der Waals surface area contributed by atoms with Crippen molar-refractivity contribution in [1.29, 1.82) is 0 Å². The maximum Gasteiger partial charge on any atom is 0.254 e. The van der Waals surface area contributed by atoms with E-state index >= 15 is 0 Å². The van der Waals surface area contributed by atoms with Gasteiger partial charge in [0.2, 0.25) is 17.7 Å². The Kier molecular flexibility index (Phi) is 9.67. The van der Waals surface area contributed by atoms with Crippen molar-refractivity contribution in [2.45, 2.75) is 51.4 Å². The summed E-state index contributed by atoms with van der Waals surface area (Å²) in [4.78, 5) is 54.8. The number of anilines is 2. The van der Waals surface area contributed by atoms with Crippen molar-refractivity contribution in [2.24, 2.45) is 11.8 Å². The molecule has 9 nitrogen and oxygen atoms in total. The third-order valence-electron chi connectivity index (χ3n) is 8.36. The second kappa shape index (κ2) is 13.8. The fraction of sp³-hybridized carbons (Fsp3) is 0.500. The number of rotatable bonds is 7. The van der Waals surface area contributed by atoms with Gasteiger partial charge in [0.05, 0.1) is 25.6 Å². The van der Waals surface area contributed by atoms with Crippen LogP contribution in [0.25, 0.3) is 0 Å². The van der Waals surface area contributed by atoms with E-state index in [1.807, 2.05) is 17.0 Å². The summed E-state index contributed by atoms with van der Waals surface area (Å²) in [6.07, 6.45) is 7.21. The molecule has 2 aromatic rings. The predicted octanol–water partition coefficient (Wildman–Crippen LogP) is 4.10. The van der Waals surface area contributed by atoms with Gasteiger partial charge in [0.25, 0.3) is 5.91 Å². The first kappa shape index (κ1) is 28.8. The van der Waals surface area contributed by atoms with Crippen LogP contribution in [0, 0.1) is 11.8 Å². The molecule has 2 heterocycles. The lowest BCUT2D eigenvalue weighted by atomic mass is 9.87. The average Bonchev–Trinajstić information content (AvgIpc) is 3.02. The van der Waals surface area contributed by atoms with Crippen molar-refractivity contribution < 1.29 is 23.9 Å². The second-order valence-electron chi connectivity index (χ2n) is 11.4. The molecular weight excluding hydrogens is 520 g/mol. The zero-order valence-electron chi connectivity index (χ0n) is 23.6. The number of carbonyl (C=O) groups excluding carboxylic acids is 4. The lowest BCUT2D eigenvalue weighted by Gasteiger charge is -2.35. The first-order chi connectivity index (χ1) is 20.0. The molecular formula is C32H40N4O5. The Hall–Kier alpha value is -3.72. The lowest BCUT2D eigenvalue weighted by Crippen LogP contribution is -2.46. The highest BCUT2D eigenvalue weighted by Gasteiger charge is 2.32. The van der Waals surface area contributed by atoms with Crippen LogP contribution in [-0.4, -0.2) is 72.8 Å². The molecule has 3 aliphatic rings. The summed E-state index contributed by atoms with van der Waals surface area (Å²) < 4.78 is 5.30. The summed E-state index contributed by atoms with van der Waals surface area (Å²) in [6, 6.07) is 14.2. The molecule has 2 saturated heterocycles. The highest BCUT2D eigenvalue weighted by atomic mass is 16.5. The number of carbonyl (C=O) groups is 4. The summed E-state index contributed by atoms with van der Waals surface area (Å²) in [5.41, 5.74) is 2.71. The van der Waals surface area contributed by atoms with Gasteiger partial charge in [0, 0.05) is 49.0 Å². The van der Waals surface area contributed by atoms with Crippen molar-refractivity contribution in [3.8, 4) is 0 Å². The quantitative estimate of drug-likeness (QED) is 0.530. The largest absolute Gasteiger partial charge is 0.378 e. The standard InChI is InChI=1S/C32H40N4O5/c37-29(33-27-14-10-25(11-15-27)31(39)35-17-19-41-20-18-35)21-23-8-12-28(13-9-23)34-30(38)26-7-4-16-36(22-26)32(40)24-5-2-1-3-6-24/h8-15,24,26H,1-7,16-22H2,(H,33,37)(H,34,38). The minimum absolute atomic E-state index is 0.0351. The van der Waals surface area contributed by atoms with Crippen molar-refractivity contribution in [3.05, 3.63) is 59.7 Å². The van der Waals surface area contributed by atoms with E-state index < -0.39 is 0 Å². The summed E-state index contributed by atoms with van der Waals surface area (Å²) in [6.45, 7) is 3.50. The van der Waals surface area contributed by atoms with Crippen LogP contribution in [0.1, 0.15) is 60.9 Å². The van der Waals surface area contributed by atoms with Crippen LogP contribution in [0.3, 0.4) is 0 Å². The Morgan fingerprint density at radius 1 is 0.707 bits per heavy atom. The van der Waals surface area contributed by atoms with Gasteiger partial charge >= 0.3 is 0 Å². The lowest BCUT2D eigenvalue weighted by molar-refractivity contribution is -0.139. The average molecular weight is 561 g/mol. The predicted molar refractivity (Wildman–Crippen MR) is 156 cm³/mol. The molecule has 0 radical (unpaired) electrons. The van der Waals surface area contributed by atoms with Gasteiger partial charge in [0.15, 0.2) is 0 Å². The number of benzene rings is 2. The Balaban J connectivity index is 1.08. The number of likely N-dealkylation sites (tertiary alicyclic amines) is 1. The third kappa shape index (κ3) is 7.73. The molecule has 9 heteroatoms. The molecule has 0 bridgehead atoms. The van der Waals surface area contributed by atoms with E-state index in [9.17, 15) is 19.2 Å². The Bertz CT molecular complexity index is 1220. The fourth-order valence-corrected chi connectivity index (χ4v) is 5.99. The smallest absolute Gasteiger partial charge is 0.254 e. The van der Waals surface area contributed by atoms with Crippen molar-refractivity contribution >= 4 is 35.0 Å². The van der Waals surface area contributed by atoms with Crippen LogP contribution in [0.5, 0.6) is 0 Å². The van der Waals surface area contributed by atoms with E-state index in [2.05, 4.69) is 10.6 Å². The van der Waals surface area contributed by atoms with Crippen molar-refractivity contribution in [2.75, 3.05) is 50.0 Å². The summed E-state index contributed by atoms with van der Waals surface area (Å²) in [5.74, 6) is -0.128. The maximum atomic E-state index is 13.0. The zero-order valence-corrected chi connectivity index (χ0v) is 23.6. The van der Waals surface area contributed by atoms with Crippen LogP contribution in [0.2, 0.25) is 0 Å². The molecule has 1 atom stereocenters. The minimum atomic E-state index is -0.211. The van der Waals surface area contributed by atoms with Crippen molar-refractivity contribution in [3.63, 3.8) is 0 Å². The van der Waals surface area contributed by atoms with E-state index in [-0.39, 0.29) is 41.9 Å². The molecule has 0 aromatic heterocycles. The molecule has 2 N–H and O–H groups in total. The number of ether oxygens (including phenoxy) is 1. The first-order valence-corrected chi connectivity index (χ1v) is 14.9. The van der Waals surface area contributed by atoms with E-state index in [4.69, 9.17) is 4.74 Å². The van der Waals surface area contributed by atoms with Gasteiger partial charge in [-0.2, -0.15) is 0 Å². The van der Waals surface area contributed by atoms with Crippen LogP contribution >= 0.6 is 0 Å². The van der Waals surface area contributed by atoms with Crippen LogP contribution < -0.4 is 10.6 Å². The van der Waals surface area contributed by atoms with Gasteiger partial charge in [0.1, 0.15) is 0 Å². The normalized spacial score (nSPS) is 19.9. The molecule has 218 valence electrons. The highest BCUT2D eigenvalue weighted by molar-refractivity contribution is 5.96. The highest BCUT2D eigenvalue weighted by Crippen LogP contribution is 2.28. The van der Waals surface area contributed by atoms with E-state index in [1.54, 1.807) is 41.3 Å². The first-order valence-electron chi connectivity index (χ1n) is 14.9. The molecule has 3 fully saturated rings. The Labute approximate surface area is 241 Å². The molecule has 2 aliphatic heterocycles. The van der Waals surface area contributed by atoms with Gasteiger partial charge < -0.3 is 25.2 Å². The molecule has 4 amide bonds. The maximum absolute atomic E-state index is 13.0. The monoisotopic (exact) mass is 560 g/mol. The molecule has 0 spiro atoms.